The minimum absolute atomic E-state index is 0.0747. The number of ether oxygens (including phenoxy) is 3. The van der Waals surface area contributed by atoms with Crippen LogP contribution >= 0.6 is 34.3 Å². The van der Waals surface area contributed by atoms with Gasteiger partial charge in [0.1, 0.15) is 16.8 Å². The highest BCUT2D eigenvalue weighted by molar-refractivity contribution is 7.91. The van der Waals surface area contributed by atoms with Crippen LogP contribution in [-0.2, 0) is 30.9 Å². The zero-order chi connectivity index (χ0) is 26.0. The molecular formula is C22H24ClN3O7S3. The zero-order valence-electron chi connectivity index (χ0n) is 19.7. The van der Waals surface area contributed by atoms with Gasteiger partial charge in [0.15, 0.2) is 16.3 Å². The third kappa shape index (κ3) is 5.16. The monoisotopic (exact) mass is 573 g/mol. The van der Waals surface area contributed by atoms with Crippen molar-refractivity contribution in [2.45, 2.75) is 36.6 Å². The van der Waals surface area contributed by atoms with Crippen molar-refractivity contribution in [2.24, 2.45) is 4.99 Å². The van der Waals surface area contributed by atoms with Crippen molar-refractivity contribution in [1.29, 1.82) is 0 Å². The van der Waals surface area contributed by atoms with Crippen molar-refractivity contribution in [1.82, 2.24) is 8.87 Å². The highest BCUT2D eigenvalue weighted by Gasteiger charge is 2.40. The number of hydrogen-bond donors (Lipinski definition) is 0. The minimum atomic E-state index is -3.91. The summed E-state index contributed by atoms with van der Waals surface area (Å²) >= 11 is 8.05. The minimum Gasteiger partial charge on any atom is -0.493 e. The standard InChI is InChI=1S/C22H24ClN3O7S3/c1-4-33-19(27)12-25-14-10-15(31-2)16(32-3)11-17(14)34-22(25)24-21(28)13-6-5-9-26(13)36(29,30)20-8-7-18(23)35-20/h7-8,10-11,13H,4-6,9,12H2,1-3H3. The molecule has 1 unspecified atom stereocenters. The molecule has 0 bridgehead atoms. The number of fused-ring (bicyclic) bond motifs is 1. The van der Waals surface area contributed by atoms with Gasteiger partial charge in [0.05, 0.1) is 35.4 Å². The van der Waals surface area contributed by atoms with Crippen molar-refractivity contribution in [3.8, 4) is 11.5 Å². The molecule has 1 fully saturated rings. The maximum absolute atomic E-state index is 13.3. The van der Waals surface area contributed by atoms with E-state index in [4.69, 9.17) is 25.8 Å². The number of amides is 1. The van der Waals surface area contributed by atoms with Gasteiger partial charge in [-0.2, -0.15) is 9.30 Å². The summed E-state index contributed by atoms with van der Waals surface area (Å²) in [7, 11) is -0.902. The molecule has 36 heavy (non-hydrogen) atoms. The van der Waals surface area contributed by atoms with Gasteiger partial charge in [0.25, 0.3) is 15.9 Å². The van der Waals surface area contributed by atoms with Crippen LogP contribution in [0.1, 0.15) is 19.8 Å². The van der Waals surface area contributed by atoms with Crippen LogP contribution in [0.3, 0.4) is 0 Å². The molecule has 0 spiro atoms. The number of esters is 1. The first-order chi connectivity index (χ1) is 17.2. The fraction of sp³-hybridized carbons (Fsp3) is 0.409. The van der Waals surface area contributed by atoms with E-state index < -0.39 is 27.9 Å². The number of carbonyl (C=O) groups excluding carboxylic acids is 2. The Bertz CT molecular complexity index is 1480. The summed E-state index contributed by atoms with van der Waals surface area (Å²) in [4.78, 5) is 30.2. The summed E-state index contributed by atoms with van der Waals surface area (Å²) < 4.78 is 46.1. The molecule has 0 N–H and O–H groups in total. The van der Waals surface area contributed by atoms with E-state index in [2.05, 4.69) is 4.99 Å². The Kier molecular flexibility index (Phi) is 8.05. The molecule has 10 nitrogen and oxygen atoms in total. The number of methoxy groups -OCH3 is 2. The second-order valence-electron chi connectivity index (χ2n) is 7.73. The smallest absolute Gasteiger partial charge is 0.326 e. The number of thiophene rings is 1. The number of rotatable bonds is 8. The zero-order valence-corrected chi connectivity index (χ0v) is 22.9. The largest absolute Gasteiger partial charge is 0.493 e. The van der Waals surface area contributed by atoms with Gasteiger partial charge >= 0.3 is 5.97 Å². The Morgan fingerprint density at radius 3 is 2.53 bits per heavy atom. The van der Waals surface area contributed by atoms with Crippen molar-refractivity contribution in [2.75, 3.05) is 27.4 Å². The molecule has 3 heterocycles. The number of aromatic nitrogens is 1. The Morgan fingerprint density at radius 2 is 1.89 bits per heavy atom. The average Bonchev–Trinajstić information content (AvgIpc) is 3.58. The molecule has 3 aromatic rings. The topological polar surface area (TPSA) is 116 Å². The van der Waals surface area contributed by atoms with Crippen LogP contribution in [0.2, 0.25) is 4.34 Å². The first-order valence-corrected chi connectivity index (χ1v) is 14.4. The normalized spacial score (nSPS) is 17.0. The van der Waals surface area contributed by atoms with Gasteiger partial charge in [-0.1, -0.05) is 22.9 Å². The van der Waals surface area contributed by atoms with E-state index in [0.717, 1.165) is 11.3 Å². The summed E-state index contributed by atoms with van der Waals surface area (Å²) in [5, 5.41) is 0. The van der Waals surface area contributed by atoms with Crippen molar-refractivity contribution in [3.05, 3.63) is 33.4 Å². The van der Waals surface area contributed by atoms with Gasteiger partial charge in [-0.15, -0.1) is 11.3 Å². The van der Waals surface area contributed by atoms with Gasteiger partial charge in [-0.05, 0) is 31.9 Å². The predicted molar refractivity (Wildman–Crippen MR) is 136 cm³/mol. The molecule has 1 aromatic carbocycles. The van der Waals surface area contributed by atoms with Gasteiger partial charge < -0.3 is 18.8 Å². The molecule has 0 aliphatic carbocycles. The molecule has 194 valence electrons. The van der Waals surface area contributed by atoms with Crippen molar-refractivity contribution < 1.29 is 32.2 Å². The summed E-state index contributed by atoms with van der Waals surface area (Å²) in [5.74, 6) is -0.182. The Balaban J connectivity index is 1.78. The van der Waals surface area contributed by atoms with E-state index in [0.29, 0.717) is 38.9 Å². The van der Waals surface area contributed by atoms with E-state index in [9.17, 15) is 18.0 Å². The molecule has 2 aromatic heterocycles. The van der Waals surface area contributed by atoms with E-state index in [1.807, 2.05) is 0 Å². The Hall–Kier alpha value is -2.45. The number of thiazole rings is 1. The molecule has 1 aliphatic heterocycles. The molecule has 1 amide bonds. The summed E-state index contributed by atoms with van der Waals surface area (Å²) in [6.07, 6.45) is 0.860. The number of halogens is 1. The average molecular weight is 574 g/mol. The lowest BCUT2D eigenvalue weighted by Crippen LogP contribution is -2.40. The van der Waals surface area contributed by atoms with E-state index in [1.165, 1.54) is 42.0 Å². The van der Waals surface area contributed by atoms with Crippen LogP contribution in [0, 0.1) is 0 Å². The Morgan fingerprint density at radius 1 is 1.17 bits per heavy atom. The van der Waals surface area contributed by atoms with Crippen LogP contribution in [0.4, 0.5) is 0 Å². The quantitative estimate of drug-likeness (QED) is 0.380. The fourth-order valence-electron chi connectivity index (χ4n) is 3.97. The van der Waals surface area contributed by atoms with Gasteiger partial charge in [-0.25, -0.2) is 8.42 Å². The van der Waals surface area contributed by atoms with Crippen molar-refractivity contribution >= 4 is 66.4 Å². The highest BCUT2D eigenvalue weighted by atomic mass is 35.5. The molecule has 4 rings (SSSR count). The molecule has 1 aliphatic rings. The van der Waals surface area contributed by atoms with Crippen LogP contribution in [0.15, 0.2) is 33.5 Å². The summed E-state index contributed by atoms with van der Waals surface area (Å²) in [6.45, 7) is 1.92. The van der Waals surface area contributed by atoms with Crippen LogP contribution in [0.25, 0.3) is 10.2 Å². The molecule has 14 heteroatoms. The maximum atomic E-state index is 13.3. The predicted octanol–water partition coefficient (Wildman–Crippen LogP) is 3.28. The van der Waals surface area contributed by atoms with E-state index in [-0.39, 0.29) is 28.7 Å². The molecule has 1 atom stereocenters. The van der Waals surface area contributed by atoms with Crippen LogP contribution < -0.4 is 14.3 Å². The second kappa shape index (κ2) is 10.9. The molecular weight excluding hydrogens is 550 g/mol. The second-order valence-corrected chi connectivity index (χ2v) is 12.6. The number of benzene rings is 1. The Labute approximate surface area is 220 Å². The SMILES string of the molecule is CCOC(=O)Cn1c(=NC(=O)C2CCCN2S(=O)(=O)c2ccc(Cl)s2)sc2cc(OC)c(OC)cc21. The number of hydrogen-bond acceptors (Lipinski definition) is 9. The fourth-order valence-corrected chi connectivity index (χ4v) is 8.27. The number of nitrogens with zero attached hydrogens (tertiary/aromatic N) is 3. The molecule has 1 saturated heterocycles. The highest BCUT2D eigenvalue weighted by Crippen LogP contribution is 2.34. The van der Waals surface area contributed by atoms with Gasteiger partial charge in [-0.3, -0.25) is 9.59 Å². The van der Waals surface area contributed by atoms with Crippen LogP contribution in [-0.4, -0.2) is 62.6 Å². The third-order valence-electron chi connectivity index (χ3n) is 5.59. The maximum Gasteiger partial charge on any atom is 0.326 e. The van der Waals surface area contributed by atoms with Gasteiger partial charge in [0, 0.05) is 18.7 Å². The number of carbonyl (C=O) groups is 2. The first kappa shape index (κ1) is 26.6. The van der Waals surface area contributed by atoms with E-state index in [1.54, 1.807) is 23.6 Å². The first-order valence-electron chi connectivity index (χ1n) is 11.0. The summed E-state index contributed by atoms with van der Waals surface area (Å²) in [5.41, 5.74) is 0.599. The lowest BCUT2D eigenvalue weighted by atomic mass is 10.2. The third-order valence-corrected chi connectivity index (χ3v) is 10.2. The lowest BCUT2D eigenvalue weighted by molar-refractivity contribution is -0.143. The van der Waals surface area contributed by atoms with Gasteiger partial charge in [0.2, 0.25) is 0 Å². The summed E-state index contributed by atoms with van der Waals surface area (Å²) in [6, 6.07) is 5.41. The van der Waals surface area contributed by atoms with Crippen LogP contribution in [0.5, 0.6) is 11.5 Å². The van der Waals surface area contributed by atoms with E-state index >= 15 is 0 Å². The molecule has 0 saturated carbocycles. The number of sulfonamides is 1. The molecule has 0 radical (unpaired) electrons. The lowest BCUT2D eigenvalue weighted by Gasteiger charge is -2.20. The van der Waals surface area contributed by atoms with Crippen molar-refractivity contribution in [3.63, 3.8) is 0 Å².